The third-order valence-electron chi connectivity index (χ3n) is 2.94. The van der Waals surface area contributed by atoms with E-state index in [0.717, 1.165) is 18.7 Å². The van der Waals surface area contributed by atoms with Gasteiger partial charge in [0, 0.05) is 39.1 Å². The number of nitrogens with one attached hydrogen (secondary N) is 1. The molecule has 5 heteroatoms. The van der Waals surface area contributed by atoms with Gasteiger partial charge in [-0.05, 0) is 24.0 Å². The first-order valence-electron chi connectivity index (χ1n) is 6.38. The molecular weight excluding hydrogens is 242 g/mol. The number of amides is 1. The Bertz CT molecular complexity index is 430. The van der Waals surface area contributed by atoms with Crippen LogP contribution in [0, 0.1) is 5.41 Å². The number of carbonyl (C=O) groups excluding carboxylic acids is 1. The van der Waals surface area contributed by atoms with Crippen molar-refractivity contribution in [1.29, 1.82) is 0 Å². The first-order valence-corrected chi connectivity index (χ1v) is 6.38. The van der Waals surface area contributed by atoms with Gasteiger partial charge in [-0.25, -0.2) is 0 Å². The predicted octanol–water partition coefficient (Wildman–Crippen LogP) is 1.60. The molecule has 0 aliphatic heterocycles. The van der Waals surface area contributed by atoms with E-state index < -0.39 is 0 Å². The molecule has 0 spiro atoms. The van der Waals surface area contributed by atoms with E-state index in [1.807, 2.05) is 6.07 Å². The molecule has 0 saturated heterocycles. The molecule has 1 amide bonds. The van der Waals surface area contributed by atoms with Crippen LogP contribution in [-0.4, -0.2) is 48.1 Å². The molecule has 0 saturated carbocycles. The number of hydrogen-bond donors (Lipinski definition) is 2. The average Bonchev–Trinajstić information content (AvgIpc) is 2.36. The minimum atomic E-state index is -0.113. The topological polar surface area (TPSA) is 65.5 Å². The molecule has 0 radical (unpaired) electrons. The smallest absolute Gasteiger partial charge is 0.272 e. The lowest BCUT2D eigenvalue weighted by atomic mass is 9.90. The lowest BCUT2D eigenvalue weighted by Crippen LogP contribution is -2.25. The van der Waals surface area contributed by atoms with E-state index in [0.29, 0.717) is 5.69 Å². The summed E-state index contributed by atoms with van der Waals surface area (Å²) in [5, 5.41) is 12.3. The van der Waals surface area contributed by atoms with Crippen LogP contribution in [0.25, 0.3) is 0 Å². The number of aliphatic hydroxyl groups is 1. The molecule has 5 nitrogen and oxygen atoms in total. The third-order valence-corrected chi connectivity index (χ3v) is 2.94. The molecular formula is C14H23N3O2. The molecule has 1 rings (SSSR count). The van der Waals surface area contributed by atoms with Crippen molar-refractivity contribution in [1.82, 2.24) is 9.88 Å². The van der Waals surface area contributed by atoms with Crippen molar-refractivity contribution in [2.75, 3.05) is 32.6 Å². The maximum Gasteiger partial charge on any atom is 0.272 e. The van der Waals surface area contributed by atoms with Gasteiger partial charge in [-0.3, -0.25) is 9.78 Å². The standard InChI is InChI=1S/C14H23N3O2/c1-14(2,6-8-18)10-16-11-5-7-15-12(9-11)13(19)17(3)4/h5,7,9,18H,6,8,10H2,1-4H3,(H,15,16). The maximum atomic E-state index is 11.8. The second kappa shape index (κ2) is 6.52. The van der Waals surface area contributed by atoms with E-state index >= 15 is 0 Å². The number of aromatic nitrogens is 1. The van der Waals surface area contributed by atoms with Crippen LogP contribution in [0.5, 0.6) is 0 Å². The van der Waals surface area contributed by atoms with Gasteiger partial charge in [0.1, 0.15) is 5.69 Å². The quantitative estimate of drug-likeness (QED) is 0.820. The fourth-order valence-electron chi connectivity index (χ4n) is 1.62. The highest BCUT2D eigenvalue weighted by Gasteiger charge is 2.17. The van der Waals surface area contributed by atoms with Crippen LogP contribution in [0.4, 0.5) is 5.69 Å². The molecule has 1 aromatic heterocycles. The van der Waals surface area contributed by atoms with E-state index in [4.69, 9.17) is 5.11 Å². The van der Waals surface area contributed by atoms with Gasteiger partial charge < -0.3 is 15.3 Å². The number of carbonyl (C=O) groups is 1. The number of hydrogen-bond acceptors (Lipinski definition) is 4. The van der Waals surface area contributed by atoms with Crippen molar-refractivity contribution in [3.8, 4) is 0 Å². The second-order valence-electron chi connectivity index (χ2n) is 5.62. The minimum absolute atomic E-state index is 0.00371. The summed E-state index contributed by atoms with van der Waals surface area (Å²) in [5.74, 6) is -0.113. The molecule has 106 valence electrons. The Morgan fingerprint density at radius 3 is 2.74 bits per heavy atom. The molecule has 0 bridgehead atoms. The summed E-state index contributed by atoms with van der Waals surface area (Å²) in [4.78, 5) is 17.4. The zero-order valence-electron chi connectivity index (χ0n) is 12.1. The number of pyridine rings is 1. The van der Waals surface area contributed by atoms with Crippen molar-refractivity contribution >= 4 is 11.6 Å². The van der Waals surface area contributed by atoms with Gasteiger partial charge in [0.05, 0.1) is 0 Å². The Labute approximate surface area is 114 Å². The Morgan fingerprint density at radius 2 is 2.16 bits per heavy atom. The number of aliphatic hydroxyl groups excluding tert-OH is 1. The Morgan fingerprint density at radius 1 is 1.47 bits per heavy atom. The largest absolute Gasteiger partial charge is 0.396 e. The Hall–Kier alpha value is -1.62. The van der Waals surface area contributed by atoms with Crippen LogP contribution >= 0.6 is 0 Å². The fraction of sp³-hybridized carbons (Fsp3) is 0.571. The van der Waals surface area contributed by atoms with Gasteiger partial charge in [-0.2, -0.15) is 0 Å². The van der Waals surface area contributed by atoms with Gasteiger partial charge >= 0.3 is 0 Å². The number of anilines is 1. The Balaban J connectivity index is 2.70. The van der Waals surface area contributed by atoms with Crippen LogP contribution in [0.3, 0.4) is 0 Å². The normalized spacial score (nSPS) is 11.2. The molecule has 0 aromatic carbocycles. The monoisotopic (exact) mass is 265 g/mol. The van der Waals surface area contributed by atoms with E-state index in [2.05, 4.69) is 24.1 Å². The second-order valence-corrected chi connectivity index (χ2v) is 5.62. The summed E-state index contributed by atoms with van der Waals surface area (Å²) in [7, 11) is 3.41. The summed E-state index contributed by atoms with van der Waals surface area (Å²) in [6.45, 7) is 5.08. The highest BCUT2D eigenvalue weighted by Crippen LogP contribution is 2.20. The van der Waals surface area contributed by atoms with Crippen LogP contribution < -0.4 is 5.32 Å². The van der Waals surface area contributed by atoms with E-state index in [1.165, 1.54) is 4.90 Å². The van der Waals surface area contributed by atoms with Crippen molar-refractivity contribution in [3.05, 3.63) is 24.0 Å². The fourth-order valence-corrected chi connectivity index (χ4v) is 1.62. The highest BCUT2D eigenvalue weighted by molar-refractivity contribution is 5.92. The SMILES string of the molecule is CN(C)C(=O)c1cc(NCC(C)(C)CCO)ccn1. The summed E-state index contributed by atoms with van der Waals surface area (Å²) in [5.41, 5.74) is 1.30. The van der Waals surface area contributed by atoms with Gasteiger partial charge in [-0.15, -0.1) is 0 Å². The number of rotatable bonds is 6. The minimum Gasteiger partial charge on any atom is -0.396 e. The summed E-state index contributed by atoms with van der Waals surface area (Å²) >= 11 is 0. The zero-order valence-corrected chi connectivity index (χ0v) is 12.1. The van der Waals surface area contributed by atoms with E-state index in [1.54, 1.807) is 26.4 Å². The lowest BCUT2D eigenvalue weighted by Gasteiger charge is -2.24. The Kier molecular flexibility index (Phi) is 5.30. The summed E-state index contributed by atoms with van der Waals surface area (Å²) in [6, 6.07) is 3.58. The van der Waals surface area contributed by atoms with Crippen molar-refractivity contribution < 1.29 is 9.90 Å². The molecule has 1 heterocycles. The van der Waals surface area contributed by atoms with Gasteiger partial charge in [-0.1, -0.05) is 13.8 Å². The molecule has 1 aromatic rings. The van der Waals surface area contributed by atoms with Gasteiger partial charge in [0.2, 0.25) is 0 Å². The molecule has 0 fully saturated rings. The number of nitrogens with zero attached hydrogens (tertiary/aromatic N) is 2. The first kappa shape index (κ1) is 15.4. The molecule has 19 heavy (non-hydrogen) atoms. The molecule has 0 aliphatic rings. The van der Waals surface area contributed by atoms with Gasteiger partial charge in [0.25, 0.3) is 5.91 Å². The van der Waals surface area contributed by atoms with Crippen LogP contribution in [0.15, 0.2) is 18.3 Å². The highest BCUT2D eigenvalue weighted by atomic mass is 16.3. The molecule has 0 atom stereocenters. The molecule has 2 N–H and O–H groups in total. The third kappa shape index (κ3) is 4.87. The van der Waals surface area contributed by atoms with E-state index in [9.17, 15) is 4.79 Å². The van der Waals surface area contributed by atoms with Crippen LogP contribution in [-0.2, 0) is 0 Å². The van der Waals surface area contributed by atoms with E-state index in [-0.39, 0.29) is 17.9 Å². The van der Waals surface area contributed by atoms with Crippen molar-refractivity contribution in [2.45, 2.75) is 20.3 Å². The van der Waals surface area contributed by atoms with Crippen LogP contribution in [0.2, 0.25) is 0 Å². The van der Waals surface area contributed by atoms with Gasteiger partial charge in [0.15, 0.2) is 0 Å². The predicted molar refractivity (Wildman–Crippen MR) is 76.2 cm³/mol. The molecule has 0 aliphatic carbocycles. The maximum absolute atomic E-state index is 11.8. The average molecular weight is 265 g/mol. The van der Waals surface area contributed by atoms with Crippen molar-refractivity contribution in [3.63, 3.8) is 0 Å². The van der Waals surface area contributed by atoms with Crippen LogP contribution in [0.1, 0.15) is 30.8 Å². The van der Waals surface area contributed by atoms with Crippen molar-refractivity contribution in [2.24, 2.45) is 5.41 Å². The first-order chi connectivity index (χ1) is 8.85. The molecule has 0 unspecified atom stereocenters. The summed E-state index contributed by atoms with van der Waals surface area (Å²) < 4.78 is 0. The zero-order chi connectivity index (χ0) is 14.5. The lowest BCUT2D eigenvalue weighted by molar-refractivity contribution is 0.0822. The summed E-state index contributed by atoms with van der Waals surface area (Å²) in [6.07, 6.45) is 2.35.